The van der Waals surface area contributed by atoms with Crippen LogP contribution in [-0.2, 0) is 28.7 Å². The van der Waals surface area contributed by atoms with Crippen LogP contribution in [0.15, 0.2) is 85.0 Å². The number of cyclic esters (lactones) is 1. The molecular formula is C40H49N3O7. The first-order valence-electron chi connectivity index (χ1n) is 17.6. The lowest BCUT2D eigenvalue weighted by Gasteiger charge is -2.46. The Bertz CT molecular complexity index is 1650. The average molecular weight is 684 g/mol. The van der Waals surface area contributed by atoms with Gasteiger partial charge >= 0.3 is 5.97 Å². The van der Waals surface area contributed by atoms with Crippen molar-refractivity contribution in [1.82, 2.24) is 15.1 Å². The molecular weight excluding hydrogens is 634 g/mol. The average Bonchev–Trinajstić information content (AvgIpc) is 3.71. The number of nitrogens with one attached hydrogen (secondary N) is 1. The van der Waals surface area contributed by atoms with E-state index >= 15 is 4.79 Å². The first-order chi connectivity index (χ1) is 23.8. The molecule has 4 aliphatic heterocycles. The number of fused-ring (bicyclic) bond motifs is 2. The van der Waals surface area contributed by atoms with Gasteiger partial charge in [0, 0.05) is 18.5 Å². The number of ether oxygens (including phenoxy) is 2. The van der Waals surface area contributed by atoms with Gasteiger partial charge in [0.05, 0.1) is 36.6 Å². The van der Waals surface area contributed by atoms with Gasteiger partial charge in [-0.15, -0.1) is 0 Å². The van der Waals surface area contributed by atoms with E-state index in [1.165, 1.54) is 4.90 Å². The quantitative estimate of drug-likeness (QED) is 0.335. The maximum atomic E-state index is 15.4. The Balaban J connectivity index is 1.49. The molecule has 6 rings (SSSR count). The highest BCUT2D eigenvalue weighted by atomic mass is 16.5. The molecule has 0 aromatic heterocycles. The molecule has 4 heterocycles. The van der Waals surface area contributed by atoms with E-state index in [0.29, 0.717) is 18.4 Å². The first-order valence-corrected chi connectivity index (χ1v) is 17.6. The Kier molecular flexibility index (Phi) is 9.81. The van der Waals surface area contributed by atoms with Crippen molar-refractivity contribution in [3.63, 3.8) is 0 Å². The van der Waals surface area contributed by atoms with Gasteiger partial charge in [0.1, 0.15) is 18.2 Å². The number of likely N-dealkylation sites (tertiary alicyclic amines) is 1. The fourth-order valence-corrected chi connectivity index (χ4v) is 8.65. The SMILES string of the molecule is CC(C)(C)CC(C)(C)N1C/C=C\CCC(=O)OC[C@@H](c2ccccc2)NC(=O)[C@@H]2[C@@H]3C=C[C@]4(O3)[C@H](C1=O)N([C@H](CO)c1ccccc1)C(=O)[C@@H]24. The molecule has 10 heteroatoms. The molecule has 7 atom stereocenters. The van der Waals surface area contributed by atoms with Crippen LogP contribution in [0, 0.1) is 17.3 Å². The van der Waals surface area contributed by atoms with Gasteiger partial charge in [-0.05, 0) is 43.2 Å². The van der Waals surface area contributed by atoms with Gasteiger partial charge in [-0.3, -0.25) is 19.2 Å². The van der Waals surface area contributed by atoms with Gasteiger partial charge in [-0.1, -0.05) is 106 Å². The summed E-state index contributed by atoms with van der Waals surface area (Å²) in [6, 6.07) is 15.7. The molecule has 1 spiro atoms. The van der Waals surface area contributed by atoms with Crippen molar-refractivity contribution in [2.75, 3.05) is 19.8 Å². The van der Waals surface area contributed by atoms with Crippen molar-refractivity contribution in [2.45, 2.75) is 89.3 Å². The van der Waals surface area contributed by atoms with Gasteiger partial charge in [0.15, 0.2) is 0 Å². The Hall–Kier alpha value is -4.28. The van der Waals surface area contributed by atoms with E-state index in [1.54, 1.807) is 17.1 Å². The molecule has 0 radical (unpaired) electrons. The van der Waals surface area contributed by atoms with Crippen LogP contribution in [0.2, 0.25) is 0 Å². The number of benzene rings is 2. The van der Waals surface area contributed by atoms with Crippen molar-refractivity contribution in [2.24, 2.45) is 17.3 Å². The van der Waals surface area contributed by atoms with Gasteiger partial charge in [0.25, 0.3) is 0 Å². The zero-order valence-electron chi connectivity index (χ0n) is 29.6. The summed E-state index contributed by atoms with van der Waals surface area (Å²) in [5.74, 6) is -3.58. The van der Waals surface area contributed by atoms with Gasteiger partial charge in [-0.2, -0.15) is 0 Å². The third-order valence-corrected chi connectivity index (χ3v) is 10.4. The lowest BCUT2D eigenvalue weighted by atomic mass is 9.73. The van der Waals surface area contributed by atoms with Crippen molar-refractivity contribution in [1.29, 1.82) is 0 Å². The van der Waals surface area contributed by atoms with E-state index in [2.05, 4.69) is 26.1 Å². The molecule has 266 valence electrons. The second kappa shape index (κ2) is 13.8. The Morgan fingerprint density at radius 2 is 1.62 bits per heavy atom. The van der Waals surface area contributed by atoms with Crippen molar-refractivity contribution < 1.29 is 33.8 Å². The predicted octanol–water partition coefficient (Wildman–Crippen LogP) is 4.66. The van der Waals surface area contributed by atoms with Gasteiger partial charge in [-0.25, -0.2) is 0 Å². The zero-order chi connectivity index (χ0) is 35.8. The van der Waals surface area contributed by atoms with Crippen molar-refractivity contribution in [3.8, 4) is 0 Å². The highest BCUT2D eigenvalue weighted by Gasteiger charge is 2.74. The third kappa shape index (κ3) is 6.63. The van der Waals surface area contributed by atoms with E-state index in [0.717, 1.165) is 5.56 Å². The summed E-state index contributed by atoms with van der Waals surface area (Å²) >= 11 is 0. The number of aliphatic hydroxyl groups excluding tert-OH is 1. The number of aliphatic hydroxyl groups is 1. The van der Waals surface area contributed by atoms with Crippen LogP contribution in [0.1, 0.15) is 77.1 Å². The molecule has 2 saturated heterocycles. The summed E-state index contributed by atoms with van der Waals surface area (Å²) in [4.78, 5) is 60.8. The number of allylic oxidation sites excluding steroid dienone is 1. The summed E-state index contributed by atoms with van der Waals surface area (Å²) in [5.41, 5.74) is -0.840. The highest BCUT2D eigenvalue weighted by Crippen LogP contribution is 2.57. The molecule has 0 unspecified atom stereocenters. The number of hydrogen-bond donors (Lipinski definition) is 2. The molecule has 4 aliphatic rings. The summed E-state index contributed by atoms with van der Waals surface area (Å²) < 4.78 is 12.3. The monoisotopic (exact) mass is 683 g/mol. The number of carbonyl (C=O) groups excluding carboxylic acids is 4. The third-order valence-electron chi connectivity index (χ3n) is 10.4. The normalized spacial score (nSPS) is 30.2. The maximum Gasteiger partial charge on any atom is 0.306 e. The van der Waals surface area contributed by atoms with Gasteiger partial charge < -0.3 is 29.7 Å². The highest BCUT2D eigenvalue weighted by molar-refractivity contribution is 6.00. The Labute approximate surface area is 294 Å². The molecule has 2 fully saturated rings. The number of hydrogen-bond acceptors (Lipinski definition) is 7. The van der Waals surface area contributed by atoms with E-state index in [-0.39, 0.29) is 30.9 Å². The van der Waals surface area contributed by atoms with Crippen LogP contribution in [-0.4, -0.2) is 81.6 Å². The van der Waals surface area contributed by atoms with Crippen LogP contribution in [0.4, 0.5) is 0 Å². The van der Waals surface area contributed by atoms with Crippen LogP contribution in [0.25, 0.3) is 0 Å². The van der Waals surface area contributed by atoms with Gasteiger partial charge in [0.2, 0.25) is 17.7 Å². The second-order valence-corrected chi connectivity index (χ2v) is 15.7. The smallest absolute Gasteiger partial charge is 0.306 e. The molecule has 2 aromatic carbocycles. The van der Waals surface area contributed by atoms with Crippen molar-refractivity contribution in [3.05, 3.63) is 96.1 Å². The summed E-state index contributed by atoms with van der Waals surface area (Å²) in [6.45, 7) is 10.1. The fourth-order valence-electron chi connectivity index (χ4n) is 8.65. The van der Waals surface area contributed by atoms with Crippen molar-refractivity contribution >= 4 is 23.7 Å². The summed E-state index contributed by atoms with van der Waals surface area (Å²) in [6.07, 6.45) is 7.77. The largest absolute Gasteiger partial charge is 0.463 e. The van der Waals surface area contributed by atoms with Crippen LogP contribution in [0.5, 0.6) is 0 Å². The van der Waals surface area contributed by atoms with E-state index in [4.69, 9.17) is 9.47 Å². The van der Waals surface area contributed by atoms with Crippen LogP contribution >= 0.6 is 0 Å². The number of esters is 1. The Morgan fingerprint density at radius 3 is 2.28 bits per heavy atom. The predicted molar refractivity (Wildman–Crippen MR) is 187 cm³/mol. The second-order valence-electron chi connectivity index (χ2n) is 15.7. The molecule has 50 heavy (non-hydrogen) atoms. The number of amides is 3. The lowest BCUT2D eigenvalue weighted by Crippen LogP contribution is -2.61. The maximum absolute atomic E-state index is 15.4. The molecule has 0 saturated carbocycles. The number of rotatable bonds is 6. The zero-order valence-corrected chi connectivity index (χ0v) is 29.6. The lowest BCUT2D eigenvalue weighted by molar-refractivity contribution is -0.155. The minimum Gasteiger partial charge on any atom is -0.463 e. The van der Waals surface area contributed by atoms with E-state index in [1.807, 2.05) is 86.7 Å². The summed E-state index contributed by atoms with van der Waals surface area (Å²) in [5, 5.41) is 14.0. The number of nitrogens with zero attached hydrogens (tertiary/aromatic N) is 2. The topological polar surface area (TPSA) is 125 Å². The standard InChI is InChI=1S/C40H49N3O7/c1-38(2,3)25-39(4,5)42-22-14-8-13-19-31(45)49-24-28(26-15-9-6-10-16-26)41-35(46)32-30-20-21-40(50-30)33(32)36(47)43(34(40)37(42)48)29(23-44)27-17-11-7-12-18-27/h6-12,14-18,20-21,28-30,32-34,44H,13,19,22-25H2,1-5H3,(H,41,46)/b14-8-/t28-,29+,30-,32+,33+,34-,40+/m0/s1. The van der Waals surface area contributed by atoms with E-state index in [9.17, 15) is 19.5 Å². The molecule has 5 bridgehead atoms. The fraction of sp³-hybridized carbons (Fsp3) is 0.500. The van der Waals surface area contributed by atoms with E-state index < -0.39 is 71.6 Å². The van der Waals surface area contributed by atoms with Crippen LogP contribution < -0.4 is 5.32 Å². The molecule has 10 nitrogen and oxygen atoms in total. The number of carbonyl (C=O) groups is 4. The minimum absolute atomic E-state index is 0.0846. The minimum atomic E-state index is -1.44. The molecule has 3 amide bonds. The molecule has 2 N–H and O–H groups in total. The Morgan fingerprint density at radius 1 is 0.940 bits per heavy atom. The summed E-state index contributed by atoms with van der Waals surface area (Å²) in [7, 11) is 0. The molecule has 2 aromatic rings. The van der Waals surface area contributed by atoms with Crippen LogP contribution in [0.3, 0.4) is 0 Å². The molecule has 0 aliphatic carbocycles. The first kappa shape index (κ1) is 35.5.